The van der Waals surface area contributed by atoms with Gasteiger partial charge in [0.1, 0.15) is 5.69 Å². The van der Waals surface area contributed by atoms with Gasteiger partial charge in [-0.05, 0) is 31.2 Å². The normalized spacial score (nSPS) is 11.2. The fraction of sp³-hybridized carbons (Fsp3) is 0.312. The van der Waals surface area contributed by atoms with Crippen LogP contribution in [0.2, 0.25) is 0 Å². The number of ether oxygens (including phenoxy) is 1. The van der Waals surface area contributed by atoms with Gasteiger partial charge in [0.15, 0.2) is 5.82 Å². The number of carbonyl (C=O) groups is 1. The van der Waals surface area contributed by atoms with Gasteiger partial charge in [0, 0.05) is 24.6 Å². The molecule has 126 valence electrons. The highest BCUT2D eigenvalue weighted by Gasteiger charge is 2.16. The summed E-state index contributed by atoms with van der Waals surface area (Å²) in [7, 11) is 1.62. The molecule has 2 aromatic heterocycles. The van der Waals surface area contributed by atoms with Crippen LogP contribution in [0, 0.1) is 0 Å². The zero-order valence-corrected chi connectivity index (χ0v) is 13.5. The first-order chi connectivity index (χ1) is 11.6. The highest BCUT2D eigenvalue weighted by Crippen LogP contribution is 2.27. The van der Waals surface area contributed by atoms with E-state index < -0.39 is 5.91 Å². The highest BCUT2D eigenvalue weighted by molar-refractivity contribution is 6.00. The number of primary amides is 1. The van der Waals surface area contributed by atoms with Crippen LogP contribution >= 0.6 is 0 Å². The number of benzene rings is 1. The second-order valence-corrected chi connectivity index (χ2v) is 5.50. The number of nitrogens with one attached hydrogen (secondary N) is 1. The van der Waals surface area contributed by atoms with Gasteiger partial charge >= 0.3 is 0 Å². The summed E-state index contributed by atoms with van der Waals surface area (Å²) in [5.74, 6) is 0.150. The Balaban J connectivity index is 2.12. The van der Waals surface area contributed by atoms with E-state index in [1.54, 1.807) is 25.4 Å². The lowest BCUT2D eigenvalue weighted by atomic mass is 10.1. The van der Waals surface area contributed by atoms with Gasteiger partial charge in [0.05, 0.1) is 24.0 Å². The molecule has 0 spiro atoms. The number of amides is 1. The van der Waals surface area contributed by atoms with Crippen molar-refractivity contribution in [2.45, 2.75) is 19.6 Å². The molecule has 0 unspecified atom stereocenters. The van der Waals surface area contributed by atoms with E-state index in [4.69, 9.17) is 16.2 Å². The Hall–Kier alpha value is -2.71. The zero-order valence-electron chi connectivity index (χ0n) is 13.5. The molecule has 8 heteroatoms. The third kappa shape index (κ3) is 3.01. The molecule has 24 heavy (non-hydrogen) atoms. The Morgan fingerprint density at radius 3 is 2.96 bits per heavy atom. The maximum Gasteiger partial charge on any atom is 0.248 e. The minimum absolute atomic E-state index is 0.436. The fourth-order valence-corrected chi connectivity index (χ4v) is 2.63. The first-order valence-corrected chi connectivity index (χ1v) is 7.67. The summed E-state index contributed by atoms with van der Waals surface area (Å²) < 4.78 is 6.98. The van der Waals surface area contributed by atoms with Crippen molar-refractivity contribution < 1.29 is 9.53 Å². The number of aryl methyl sites for hydroxylation is 1. The molecule has 0 aliphatic carbocycles. The summed E-state index contributed by atoms with van der Waals surface area (Å²) in [4.78, 5) is 19.1. The van der Waals surface area contributed by atoms with Crippen LogP contribution in [0.15, 0.2) is 24.4 Å². The fourth-order valence-electron chi connectivity index (χ4n) is 2.63. The van der Waals surface area contributed by atoms with Crippen molar-refractivity contribution >= 4 is 16.8 Å². The lowest BCUT2D eigenvalue weighted by Gasteiger charge is -2.02. The first kappa shape index (κ1) is 16.2. The van der Waals surface area contributed by atoms with Gasteiger partial charge in [0.25, 0.3) is 0 Å². The van der Waals surface area contributed by atoms with Crippen LogP contribution < -0.4 is 11.5 Å². The molecule has 2 heterocycles. The Labute approximate surface area is 138 Å². The number of imidazole rings is 1. The molecular formula is C16H20N6O2. The Morgan fingerprint density at radius 2 is 2.25 bits per heavy atom. The van der Waals surface area contributed by atoms with Crippen molar-refractivity contribution in [2.75, 3.05) is 13.7 Å². The Kier molecular flexibility index (Phi) is 4.59. The molecule has 0 saturated carbocycles. The number of fused-ring (bicyclic) bond motifs is 1. The molecule has 8 nitrogen and oxygen atoms in total. The molecule has 1 aromatic carbocycles. The number of hydrogen-bond donors (Lipinski definition) is 3. The third-order valence-corrected chi connectivity index (χ3v) is 3.76. The quantitative estimate of drug-likeness (QED) is 0.597. The molecule has 5 N–H and O–H groups in total. The second kappa shape index (κ2) is 6.81. The largest absolute Gasteiger partial charge is 0.378 e. The van der Waals surface area contributed by atoms with Gasteiger partial charge in [-0.2, -0.15) is 5.10 Å². The number of methoxy groups -OCH3 is 1. The van der Waals surface area contributed by atoms with E-state index in [1.807, 2.05) is 10.7 Å². The van der Waals surface area contributed by atoms with E-state index in [0.29, 0.717) is 36.8 Å². The molecule has 1 amide bonds. The van der Waals surface area contributed by atoms with Crippen molar-refractivity contribution in [1.82, 2.24) is 19.7 Å². The van der Waals surface area contributed by atoms with Crippen LogP contribution in [0.1, 0.15) is 22.5 Å². The van der Waals surface area contributed by atoms with Crippen LogP contribution in [-0.4, -0.2) is 39.3 Å². The summed E-state index contributed by atoms with van der Waals surface area (Å²) in [6.07, 6.45) is 2.52. The summed E-state index contributed by atoms with van der Waals surface area (Å²) >= 11 is 0. The van der Waals surface area contributed by atoms with Gasteiger partial charge in [0.2, 0.25) is 5.91 Å². The SMILES string of the molecule is COCc1cnc(-c2nn(CCCN)c3ccc(C(N)=O)cc23)[nH]1. The molecule has 0 fully saturated rings. The van der Waals surface area contributed by atoms with Gasteiger partial charge < -0.3 is 21.2 Å². The van der Waals surface area contributed by atoms with Gasteiger partial charge in [-0.15, -0.1) is 0 Å². The molecule has 0 aliphatic heterocycles. The van der Waals surface area contributed by atoms with E-state index in [1.165, 1.54) is 0 Å². The average molecular weight is 328 g/mol. The second-order valence-electron chi connectivity index (χ2n) is 5.50. The number of aromatic amines is 1. The standard InChI is InChI=1S/C16H20N6O2/c1-24-9-11-8-19-16(20-11)14-12-7-10(15(18)23)3-4-13(12)22(21-14)6-2-5-17/h3-4,7-8H,2,5-6,9,17H2,1H3,(H2,18,23)(H,19,20). The molecule has 0 aliphatic rings. The van der Waals surface area contributed by atoms with E-state index in [-0.39, 0.29) is 0 Å². The summed E-state index contributed by atoms with van der Waals surface area (Å²) in [5, 5.41) is 5.47. The molecule has 0 radical (unpaired) electrons. The van der Waals surface area contributed by atoms with Crippen LogP contribution in [0.5, 0.6) is 0 Å². The van der Waals surface area contributed by atoms with Gasteiger partial charge in [-0.3, -0.25) is 9.48 Å². The Bertz CT molecular complexity index is 867. The topological polar surface area (TPSA) is 125 Å². The summed E-state index contributed by atoms with van der Waals surface area (Å²) in [6, 6.07) is 5.30. The minimum atomic E-state index is -0.475. The summed E-state index contributed by atoms with van der Waals surface area (Å²) in [5.41, 5.74) is 13.9. The van der Waals surface area contributed by atoms with Crippen molar-refractivity contribution in [3.05, 3.63) is 35.7 Å². The minimum Gasteiger partial charge on any atom is -0.378 e. The van der Waals surface area contributed by atoms with Crippen molar-refractivity contribution in [3.63, 3.8) is 0 Å². The lowest BCUT2D eigenvalue weighted by molar-refractivity contribution is 0.100. The maximum atomic E-state index is 11.5. The smallest absolute Gasteiger partial charge is 0.248 e. The predicted octanol–water partition coefficient (Wildman–Crippen LogP) is 1.02. The van der Waals surface area contributed by atoms with Crippen LogP contribution in [0.25, 0.3) is 22.4 Å². The molecule has 0 saturated heterocycles. The lowest BCUT2D eigenvalue weighted by Crippen LogP contribution is -2.10. The first-order valence-electron chi connectivity index (χ1n) is 7.67. The van der Waals surface area contributed by atoms with Crippen LogP contribution in [0.4, 0.5) is 0 Å². The average Bonchev–Trinajstić information content (AvgIpc) is 3.17. The number of H-pyrrole nitrogens is 1. The predicted molar refractivity (Wildman–Crippen MR) is 90.2 cm³/mol. The highest BCUT2D eigenvalue weighted by atomic mass is 16.5. The molecule has 3 aromatic rings. The van der Waals surface area contributed by atoms with Crippen molar-refractivity contribution in [3.8, 4) is 11.5 Å². The van der Waals surface area contributed by atoms with Crippen molar-refractivity contribution in [2.24, 2.45) is 11.5 Å². The van der Waals surface area contributed by atoms with Crippen LogP contribution in [-0.2, 0) is 17.9 Å². The number of hydrogen-bond acceptors (Lipinski definition) is 5. The number of aromatic nitrogens is 4. The molecule has 3 rings (SSSR count). The number of rotatable bonds is 7. The van der Waals surface area contributed by atoms with E-state index in [9.17, 15) is 4.79 Å². The number of nitrogens with two attached hydrogens (primary N) is 2. The van der Waals surface area contributed by atoms with E-state index in [2.05, 4.69) is 15.1 Å². The van der Waals surface area contributed by atoms with Crippen LogP contribution in [0.3, 0.4) is 0 Å². The molecule has 0 bridgehead atoms. The van der Waals surface area contributed by atoms with Gasteiger partial charge in [-0.25, -0.2) is 4.98 Å². The summed E-state index contributed by atoms with van der Waals surface area (Å²) in [6.45, 7) is 1.70. The molecular weight excluding hydrogens is 308 g/mol. The van der Waals surface area contributed by atoms with Crippen molar-refractivity contribution in [1.29, 1.82) is 0 Å². The van der Waals surface area contributed by atoms with Gasteiger partial charge in [-0.1, -0.05) is 0 Å². The third-order valence-electron chi connectivity index (χ3n) is 3.76. The van der Waals surface area contributed by atoms with E-state index >= 15 is 0 Å². The Morgan fingerprint density at radius 1 is 1.42 bits per heavy atom. The van der Waals surface area contributed by atoms with E-state index in [0.717, 1.165) is 23.0 Å². The number of carbonyl (C=O) groups excluding carboxylic acids is 1. The molecule has 0 atom stereocenters. The monoisotopic (exact) mass is 328 g/mol. The zero-order chi connectivity index (χ0) is 17.1. The number of nitrogens with zero attached hydrogens (tertiary/aromatic N) is 3. The maximum absolute atomic E-state index is 11.5.